The molecule has 0 aromatic carbocycles. The number of carbonyl (C=O) groups is 1. The minimum absolute atomic E-state index is 0.122. The van der Waals surface area contributed by atoms with E-state index in [4.69, 9.17) is 0 Å². The Labute approximate surface area is 132 Å². The van der Waals surface area contributed by atoms with Gasteiger partial charge in [0.2, 0.25) is 0 Å². The lowest BCUT2D eigenvalue weighted by molar-refractivity contribution is 0.0733. The van der Waals surface area contributed by atoms with E-state index in [-0.39, 0.29) is 11.8 Å². The summed E-state index contributed by atoms with van der Waals surface area (Å²) in [7, 11) is 1.95. The summed E-state index contributed by atoms with van der Waals surface area (Å²) in [6.45, 7) is 8.30. The van der Waals surface area contributed by atoms with Crippen molar-refractivity contribution in [2.45, 2.75) is 64.2 Å². The predicted molar refractivity (Wildman–Crippen MR) is 89.1 cm³/mol. The second-order valence-electron chi connectivity index (χ2n) is 6.22. The molecular weight excluding hydrogens is 282 g/mol. The van der Waals surface area contributed by atoms with Gasteiger partial charge in [0.25, 0.3) is 5.91 Å². The number of aromatic nitrogens is 2. The number of hydrogen-bond acceptors (Lipinski definition) is 3. The number of H-pyrrole nitrogens is 1. The SMILES string of the molecule is CCS[C@H]1CC[C@@H](N(C)C(=O)c2c(C(C)C)n[nH]c2C)C1. The first-order chi connectivity index (χ1) is 9.95. The van der Waals surface area contributed by atoms with E-state index in [1.807, 2.05) is 30.6 Å². The molecule has 118 valence electrons. The van der Waals surface area contributed by atoms with Crippen LogP contribution in [-0.2, 0) is 0 Å². The van der Waals surface area contributed by atoms with E-state index in [2.05, 4.69) is 31.0 Å². The van der Waals surface area contributed by atoms with Crippen LogP contribution in [0.25, 0.3) is 0 Å². The van der Waals surface area contributed by atoms with E-state index in [0.717, 1.165) is 35.5 Å². The van der Waals surface area contributed by atoms with Gasteiger partial charge < -0.3 is 4.90 Å². The number of nitrogens with zero attached hydrogens (tertiary/aromatic N) is 2. The van der Waals surface area contributed by atoms with Crippen LogP contribution < -0.4 is 0 Å². The second kappa shape index (κ2) is 6.86. The number of aromatic amines is 1. The quantitative estimate of drug-likeness (QED) is 0.904. The molecule has 5 heteroatoms. The molecule has 2 atom stereocenters. The highest BCUT2D eigenvalue weighted by molar-refractivity contribution is 7.99. The Hall–Kier alpha value is -0.970. The zero-order chi connectivity index (χ0) is 15.6. The minimum atomic E-state index is 0.122. The molecule has 1 N–H and O–H groups in total. The molecule has 0 spiro atoms. The Morgan fingerprint density at radius 2 is 2.19 bits per heavy atom. The molecule has 0 unspecified atom stereocenters. The third kappa shape index (κ3) is 3.44. The predicted octanol–water partition coefficient (Wildman–Crippen LogP) is 3.59. The molecule has 2 rings (SSSR count). The minimum Gasteiger partial charge on any atom is -0.339 e. The molecule has 0 bridgehead atoms. The van der Waals surface area contributed by atoms with Crippen molar-refractivity contribution >= 4 is 17.7 Å². The molecule has 0 radical (unpaired) electrons. The number of hydrogen-bond donors (Lipinski definition) is 1. The van der Waals surface area contributed by atoms with Crippen molar-refractivity contribution in [1.82, 2.24) is 15.1 Å². The fraction of sp³-hybridized carbons (Fsp3) is 0.750. The summed E-state index contributed by atoms with van der Waals surface area (Å²) in [5.41, 5.74) is 2.55. The van der Waals surface area contributed by atoms with Crippen LogP contribution >= 0.6 is 11.8 Å². The van der Waals surface area contributed by atoms with Gasteiger partial charge in [0.05, 0.1) is 11.3 Å². The van der Waals surface area contributed by atoms with Gasteiger partial charge in [-0.1, -0.05) is 20.8 Å². The summed E-state index contributed by atoms with van der Waals surface area (Å²) in [5.74, 6) is 1.54. The van der Waals surface area contributed by atoms with Crippen molar-refractivity contribution in [2.75, 3.05) is 12.8 Å². The summed E-state index contributed by atoms with van der Waals surface area (Å²) in [6.07, 6.45) is 3.46. The number of amides is 1. The molecule has 0 saturated heterocycles. The van der Waals surface area contributed by atoms with E-state index in [1.54, 1.807) is 0 Å². The molecule has 1 aliphatic carbocycles. The molecule has 1 amide bonds. The largest absolute Gasteiger partial charge is 0.339 e. The van der Waals surface area contributed by atoms with Gasteiger partial charge >= 0.3 is 0 Å². The number of thioether (sulfide) groups is 1. The van der Waals surface area contributed by atoms with E-state index in [9.17, 15) is 4.79 Å². The average molecular weight is 309 g/mol. The van der Waals surface area contributed by atoms with Crippen molar-refractivity contribution in [2.24, 2.45) is 0 Å². The summed E-state index contributed by atoms with van der Waals surface area (Å²) in [6, 6.07) is 0.371. The number of carbonyl (C=O) groups excluding carboxylic acids is 1. The number of nitrogens with one attached hydrogen (secondary N) is 1. The van der Waals surface area contributed by atoms with E-state index < -0.39 is 0 Å². The van der Waals surface area contributed by atoms with Crippen LogP contribution in [0.5, 0.6) is 0 Å². The average Bonchev–Trinajstić information content (AvgIpc) is 3.04. The first-order valence-corrected chi connectivity index (χ1v) is 8.94. The van der Waals surface area contributed by atoms with Gasteiger partial charge in [-0.05, 0) is 37.9 Å². The Morgan fingerprint density at radius 3 is 2.81 bits per heavy atom. The van der Waals surface area contributed by atoms with Gasteiger partial charge in [0, 0.05) is 24.0 Å². The zero-order valence-electron chi connectivity index (χ0n) is 13.8. The van der Waals surface area contributed by atoms with Crippen LogP contribution in [0.4, 0.5) is 0 Å². The lowest BCUT2D eigenvalue weighted by Crippen LogP contribution is -2.36. The topological polar surface area (TPSA) is 49.0 Å². The van der Waals surface area contributed by atoms with Gasteiger partial charge in [0.1, 0.15) is 0 Å². The summed E-state index contributed by atoms with van der Waals surface area (Å²) in [5, 5.41) is 8.00. The van der Waals surface area contributed by atoms with Crippen molar-refractivity contribution < 1.29 is 4.79 Å². The normalized spacial score (nSPS) is 22.0. The summed E-state index contributed by atoms with van der Waals surface area (Å²) < 4.78 is 0. The zero-order valence-corrected chi connectivity index (χ0v) is 14.6. The number of rotatable bonds is 5. The summed E-state index contributed by atoms with van der Waals surface area (Å²) in [4.78, 5) is 14.8. The highest BCUT2D eigenvalue weighted by atomic mass is 32.2. The second-order valence-corrected chi connectivity index (χ2v) is 7.80. The fourth-order valence-electron chi connectivity index (χ4n) is 3.13. The van der Waals surface area contributed by atoms with Crippen LogP contribution in [0.2, 0.25) is 0 Å². The lowest BCUT2D eigenvalue weighted by Gasteiger charge is -2.25. The molecule has 4 nitrogen and oxygen atoms in total. The van der Waals surface area contributed by atoms with Crippen LogP contribution in [0.15, 0.2) is 0 Å². The highest BCUT2D eigenvalue weighted by Crippen LogP contribution is 2.33. The Bertz CT molecular complexity index is 498. The van der Waals surface area contributed by atoms with Crippen molar-refractivity contribution in [3.8, 4) is 0 Å². The maximum Gasteiger partial charge on any atom is 0.257 e. The van der Waals surface area contributed by atoms with E-state index in [1.165, 1.54) is 6.42 Å². The first-order valence-electron chi connectivity index (χ1n) is 7.89. The van der Waals surface area contributed by atoms with Crippen molar-refractivity contribution in [3.63, 3.8) is 0 Å². The molecule has 1 saturated carbocycles. The number of aryl methyl sites for hydroxylation is 1. The van der Waals surface area contributed by atoms with Gasteiger partial charge in [0.15, 0.2) is 0 Å². The van der Waals surface area contributed by atoms with Gasteiger partial charge in [-0.2, -0.15) is 16.9 Å². The van der Waals surface area contributed by atoms with E-state index in [0.29, 0.717) is 11.3 Å². The van der Waals surface area contributed by atoms with Crippen molar-refractivity contribution in [3.05, 3.63) is 17.0 Å². The fourth-order valence-corrected chi connectivity index (χ4v) is 4.27. The molecular formula is C16H27N3OS. The Balaban J connectivity index is 2.12. The van der Waals surface area contributed by atoms with Gasteiger partial charge in [-0.3, -0.25) is 9.89 Å². The maximum absolute atomic E-state index is 12.9. The maximum atomic E-state index is 12.9. The summed E-state index contributed by atoms with van der Waals surface area (Å²) >= 11 is 2.02. The third-order valence-electron chi connectivity index (χ3n) is 4.36. The third-order valence-corrected chi connectivity index (χ3v) is 5.60. The molecule has 21 heavy (non-hydrogen) atoms. The lowest BCUT2D eigenvalue weighted by atomic mass is 10.0. The monoisotopic (exact) mass is 309 g/mol. The van der Waals surface area contributed by atoms with Crippen molar-refractivity contribution in [1.29, 1.82) is 0 Å². The Morgan fingerprint density at radius 1 is 1.48 bits per heavy atom. The van der Waals surface area contributed by atoms with Crippen LogP contribution in [0.3, 0.4) is 0 Å². The molecule has 1 aromatic heterocycles. The smallest absolute Gasteiger partial charge is 0.257 e. The molecule has 1 aromatic rings. The van der Waals surface area contributed by atoms with Crippen LogP contribution in [0, 0.1) is 6.92 Å². The molecule has 1 heterocycles. The Kier molecular flexibility index (Phi) is 5.36. The highest BCUT2D eigenvalue weighted by Gasteiger charge is 2.32. The van der Waals surface area contributed by atoms with Gasteiger partial charge in [-0.25, -0.2) is 0 Å². The molecule has 1 fully saturated rings. The van der Waals surface area contributed by atoms with Crippen LogP contribution in [0.1, 0.15) is 67.7 Å². The standard InChI is InChI=1S/C16H27N3OS/c1-6-21-13-8-7-12(9-13)19(5)16(20)14-11(4)17-18-15(14)10(2)3/h10,12-13H,6-9H2,1-5H3,(H,17,18)/t12-,13+/m1/s1. The molecule has 0 aliphatic heterocycles. The first kappa shape index (κ1) is 16.4. The van der Waals surface area contributed by atoms with E-state index >= 15 is 0 Å². The van der Waals surface area contributed by atoms with Crippen LogP contribution in [-0.4, -0.2) is 45.1 Å². The van der Waals surface area contributed by atoms with Gasteiger partial charge in [-0.15, -0.1) is 0 Å². The molecule has 1 aliphatic rings.